The number of aromatic nitrogens is 1. The van der Waals surface area contributed by atoms with Crippen LogP contribution >= 0.6 is 11.6 Å². The fourth-order valence-corrected chi connectivity index (χ4v) is 15.6. The van der Waals surface area contributed by atoms with Crippen LogP contribution in [-0.2, 0) is 115 Å². The standard InChI is InChI=1S/C97H139ClF2N18O23.CH4/c1-49(2)39-63-48-104-69(33-35-76(101)122)82(128)81(127)54(8)107-89(135)75(44-62-47-105-71-45-64(98)28-31-66(62)71)113-90(136)73(42-60-25-29-65(121)30-26-60)112-88(134)70(34-36-77(123)124)115-95(141)97(15,118-92(138)74(43-61-27-32-67(99)68(100)41-61)114-93(139)78(58(12)119)116-91(137)72(40-50(3)4)111-59(13)120)38-24-22-20-18-16-17-19-21-23-37-96(14,117-87(63)133)94(140)110-57(11)86(132)109-56(10)85(131)108-55(9)84(130)106-53(7)80(126)79(125)52(6)103-46-51(5)83(102)129;/h17,19,25-32,41,45,47,49-58,63,69-70,72-75,78,103-105,119,121H,16,18,20-24,33-40,42-44,46,48H2,1-15H3,(H2,101,122)(H2,102,129)(H,106,130)(H,107,135)(H,108,131)(H,109,132)(H,110,140)(H,111,120)(H,112,134)(H,113,136)(H,114,139)(H,115,141)(H,116,137)(H,117,133)(H,118,138)(H,123,124);1H4/b19-17+;/t51-,52-,53-,54-,55?,56-,57?,58+,63+,69-,70-,72-,73?,74-,75-,78-,96-,97+;/m0./s1. The van der Waals surface area contributed by atoms with Gasteiger partial charge in [0.15, 0.2) is 11.6 Å². The monoisotopic (exact) mass is 2010 g/mol. The number of H-pyrrole nitrogens is 1. The van der Waals surface area contributed by atoms with Crippen molar-refractivity contribution in [3.05, 3.63) is 112 Å². The molecule has 0 aliphatic carbocycles. The maximum Gasteiger partial charge on any atom is 0.303 e. The lowest BCUT2D eigenvalue weighted by Gasteiger charge is -2.34. The molecular formula is C98H143ClF2N18O23. The van der Waals surface area contributed by atoms with Crippen LogP contribution in [0, 0.1) is 35.3 Å². The lowest BCUT2D eigenvalue weighted by molar-refractivity contribution is -0.140. The van der Waals surface area contributed by atoms with Crippen LogP contribution in [0.5, 0.6) is 5.75 Å². The first kappa shape index (κ1) is 121. The number of primary amides is 2. The van der Waals surface area contributed by atoms with E-state index in [9.17, 15) is 86.8 Å². The van der Waals surface area contributed by atoms with Crippen molar-refractivity contribution in [1.82, 2.24) is 84.7 Å². The lowest BCUT2D eigenvalue weighted by Crippen LogP contribution is -2.65. The molecule has 5 rings (SSSR count). The summed E-state index contributed by atoms with van der Waals surface area (Å²) in [5, 5.41) is 71.3. The molecule has 4 aromatic rings. The molecule has 142 heavy (non-hydrogen) atoms. The maximum absolute atomic E-state index is 15.6. The number of hydrogen-bond acceptors (Lipinski definition) is 24. The fraction of sp³-hybridized carbons (Fsp3) is 0.571. The number of amides is 15. The van der Waals surface area contributed by atoms with Crippen LogP contribution in [0.15, 0.2) is 79.0 Å². The number of aromatic hydroxyl groups is 1. The summed E-state index contributed by atoms with van der Waals surface area (Å²) in [5.41, 5.74) is 7.77. The predicted octanol–water partition coefficient (Wildman–Crippen LogP) is 2.31. The quantitative estimate of drug-likeness (QED) is 0.0225. The summed E-state index contributed by atoms with van der Waals surface area (Å²) >= 11 is 6.38. The first-order chi connectivity index (χ1) is 66.0. The number of nitrogens with one attached hydrogen (secondary N) is 16. The number of fused-ring (bicyclic) bond motifs is 1. The average Bonchev–Trinajstić information content (AvgIpc) is 1.36. The van der Waals surface area contributed by atoms with Crippen LogP contribution in [0.25, 0.3) is 10.9 Å². The van der Waals surface area contributed by atoms with Crippen molar-refractivity contribution < 1.29 is 120 Å². The number of phenolic OH excluding ortho intramolecular Hbond substituents is 1. The number of carbonyl (C=O) groups excluding carboxylic acids is 19. The lowest BCUT2D eigenvalue weighted by atomic mass is 9.89. The molecule has 41 nitrogen and oxygen atoms in total. The second kappa shape index (κ2) is 57.8. The number of aliphatic carboxylic acids is 1. The molecule has 0 radical (unpaired) electrons. The minimum absolute atomic E-state index is 0. The molecule has 0 bridgehead atoms. The molecule has 0 fully saturated rings. The van der Waals surface area contributed by atoms with Crippen molar-refractivity contribution in [3.63, 3.8) is 0 Å². The number of benzene rings is 3. The van der Waals surface area contributed by atoms with E-state index in [-0.39, 0.29) is 87.6 Å². The van der Waals surface area contributed by atoms with Crippen LogP contribution < -0.4 is 91.2 Å². The summed E-state index contributed by atoms with van der Waals surface area (Å²) in [5.74, 6) is -25.6. The van der Waals surface area contributed by atoms with E-state index in [1.165, 1.54) is 91.9 Å². The maximum atomic E-state index is 15.6. The molecule has 1 aromatic heterocycles. The smallest absolute Gasteiger partial charge is 0.303 e. The molecule has 3 unspecified atom stereocenters. The van der Waals surface area contributed by atoms with Gasteiger partial charge in [0.1, 0.15) is 71.2 Å². The molecule has 0 spiro atoms. The Hall–Kier alpha value is -13.0. The number of carboxylic acids is 1. The van der Waals surface area contributed by atoms with Crippen LogP contribution in [0.2, 0.25) is 5.02 Å². The number of hydrogen-bond donors (Lipinski definition) is 21. The third-order valence-electron chi connectivity index (χ3n) is 24.0. The fourth-order valence-electron chi connectivity index (χ4n) is 15.4. The number of ketones is 4. The minimum Gasteiger partial charge on any atom is -0.508 e. The van der Waals surface area contributed by atoms with Gasteiger partial charge in [-0.15, -0.1) is 0 Å². The number of aliphatic hydroxyl groups is 1. The van der Waals surface area contributed by atoms with Gasteiger partial charge in [-0.05, 0) is 191 Å². The van der Waals surface area contributed by atoms with Gasteiger partial charge < -0.3 is 112 Å². The molecule has 0 saturated carbocycles. The highest BCUT2D eigenvalue weighted by Gasteiger charge is 2.44. The number of nitrogens with two attached hydrogens (primary N) is 2. The van der Waals surface area contributed by atoms with E-state index in [1.54, 1.807) is 45.9 Å². The van der Waals surface area contributed by atoms with E-state index in [0.29, 0.717) is 47.2 Å². The summed E-state index contributed by atoms with van der Waals surface area (Å²) < 4.78 is 29.7. The average molecular weight is 2010 g/mol. The zero-order valence-corrected chi connectivity index (χ0v) is 83.1. The van der Waals surface area contributed by atoms with Gasteiger partial charge in [0.25, 0.3) is 0 Å². The van der Waals surface area contributed by atoms with Gasteiger partial charge in [0.05, 0.1) is 36.2 Å². The highest BCUT2D eigenvalue weighted by molar-refractivity contribution is 6.41. The molecule has 23 N–H and O–H groups in total. The highest BCUT2D eigenvalue weighted by Crippen LogP contribution is 2.27. The van der Waals surface area contributed by atoms with Crippen LogP contribution in [0.4, 0.5) is 8.78 Å². The second-order valence-corrected chi connectivity index (χ2v) is 38.0. The first-order valence-corrected chi connectivity index (χ1v) is 47.6. The van der Waals surface area contributed by atoms with Crippen molar-refractivity contribution in [2.45, 2.75) is 323 Å². The van der Waals surface area contributed by atoms with Gasteiger partial charge in [0.2, 0.25) is 112 Å². The van der Waals surface area contributed by atoms with E-state index in [4.69, 9.17) is 23.1 Å². The van der Waals surface area contributed by atoms with E-state index >= 15 is 33.2 Å². The number of halogens is 3. The molecule has 44 heteroatoms. The Labute approximate surface area is 829 Å². The van der Waals surface area contributed by atoms with Gasteiger partial charge in [-0.3, -0.25) is 95.9 Å². The second-order valence-electron chi connectivity index (χ2n) is 37.5. The van der Waals surface area contributed by atoms with Crippen molar-refractivity contribution >= 4 is 140 Å². The molecule has 15 amide bonds. The molecule has 3 aromatic carbocycles. The Morgan fingerprint density at radius 3 is 1.70 bits per heavy atom. The van der Waals surface area contributed by atoms with Gasteiger partial charge in [-0.2, -0.15) is 0 Å². The zero-order valence-electron chi connectivity index (χ0n) is 82.3. The normalized spacial score (nSPS) is 21.7. The minimum atomic E-state index is -2.23. The van der Waals surface area contributed by atoms with Gasteiger partial charge in [0, 0.05) is 80.2 Å². The summed E-state index contributed by atoms with van der Waals surface area (Å²) in [7, 11) is 0. The van der Waals surface area contributed by atoms with Crippen molar-refractivity contribution in [2.24, 2.45) is 35.1 Å². The largest absolute Gasteiger partial charge is 0.508 e. The number of allylic oxidation sites excluding steroid dienone is 2. The zero-order chi connectivity index (χ0) is 106. The van der Waals surface area contributed by atoms with Crippen LogP contribution in [0.3, 0.4) is 0 Å². The number of carboxylic acid groups (broad SMARTS) is 1. The van der Waals surface area contributed by atoms with E-state index < -0.39 is 288 Å². The molecule has 0 saturated heterocycles. The molecular weight excluding hydrogens is 1870 g/mol. The number of Topliss-reactive ketones (excluding diaryl/α,β-unsaturated/α-hetero) is 4. The van der Waals surface area contributed by atoms with Crippen molar-refractivity contribution in [2.75, 3.05) is 13.1 Å². The predicted molar refractivity (Wildman–Crippen MR) is 522 cm³/mol. The van der Waals surface area contributed by atoms with E-state index in [1.807, 2.05) is 6.08 Å². The molecule has 1 aliphatic heterocycles. The topological polar surface area (TPSA) is 650 Å². The van der Waals surface area contributed by atoms with E-state index in [2.05, 4.69) is 84.7 Å². The number of aromatic amines is 1. The van der Waals surface area contributed by atoms with Crippen LogP contribution in [0.1, 0.15) is 224 Å². The third-order valence-corrected chi connectivity index (χ3v) is 24.2. The highest BCUT2D eigenvalue weighted by atomic mass is 35.5. The Morgan fingerprint density at radius 1 is 0.556 bits per heavy atom. The Balaban J connectivity index is 0.0000420. The van der Waals surface area contributed by atoms with Crippen LogP contribution in [-0.4, -0.2) is 247 Å². The number of carbonyl (C=O) groups is 20. The number of rotatable bonds is 39. The summed E-state index contributed by atoms with van der Waals surface area (Å²) in [6.07, 6.45) is 1.16. The number of aliphatic hydroxyl groups excluding tert-OH is 1. The number of phenols is 1. The van der Waals surface area contributed by atoms with Gasteiger partial charge in [-0.25, -0.2) is 8.78 Å². The third kappa shape index (κ3) is 39.5. The first-order valence-electron chi connectivity index (χ1n) is 47.2. The van der Waals surface area contributed by atoms with Gasteiger partial charge >= 0.3 is 5.97 Å². The molecule has 1 aliphatic rings. The molecule has 2 heterocycles. The Bertz CT molecular complexity index is 5170. The summed E-state index contributed by atoms with van der Waals surface area (Å²) in [6.45, 7) is 20.7. The Morgan fingerprint density at radius 2 is 1.12 bits per heavy atom. The van der Waals surface area contributed by atoms with E-state index in [0.717, 1.165) is 39.0 Å². The Kier molecular flexibility index (Phi) is 49.3. The SMILES string of the molecule is C.CC(=O)N[C@@H](CC(C)C)C(=O)N[C@H](C(=O)N[C@@H](Cc1ccc(F)c(F)c1)C(=O)N[C@]1(C)CCCCCC/C=C/CCC[C@@](C)(C(=O)NC(C)C(=O)N[C@@H](C)C(=O)NC(C)C(=O)N[C@@H](C)C(=O)C(=O)[C@H](C)NC[C@H](C)C(N)=O)NC(=O)[C@H](CC(C)C)CN[C@@H](CCC(N)=O)C(=O)C(=O)[C@H](C)NC(=O)[C@H](Cc2c[nH]c3cc(Cl)ccc23)NC(=O)C(Cc2ccc(O)cc2)NC(=O)[C@H](CCC(=O)O)NC1=O)[C@@H](C)O. The summed E-state index contributed by atoms with van der Waals surface area (Å²) in [4.78, 5) is 284. The molecule has 18 atom stereocenters. The summed E-state index contributed by atoms with van der Waals surface area (Å²) in [6, 6.07) is -7.97. The van der Waals surface area contributed by atoms with Crippen molar-refractivity contribution in [1.29, 1.82) is 0 Å². The molecule has 784 valence electrons. The van der Waals surface area contributed by atoms with Gasteiger partial charge in [-0.1, -0.05) is 109 Å². The van der Waals surface area contributed by atoms with Crippen molar-refractivity contribution in [3.8, 4) is 5.75 Å².